The maximum atomic E-state index is 5.75. The Morgan fingerprint density at radius 3 is 2.89 bits per heavy atom. The monoisotopic (exact) mass is 264 g/mol. The molecular formula is C14H24N4O. The SMILES string of the molecule is COCc1nc(N)cc(NCCCC2CCCC2)n1. The van der Waals surface area contributed by atoms with Crippen LogP contribution in [0.15, 0.2) is 6.07 Å². The van der Waals surface area contributed by atoms with Crippen molar-refractivity contribution in [2.45, 2.75) is 45.1 Å². The molecule has 1 aromatic heterocycles. The molecule has 0 spiro atoms. The first-order chi connectivity index (χ1) is 9.28. The highest BCUT2D eigenvalue weighted by Gasteiger charge is 2.13. The molecule has 3 N–H and O–H groups in total. The fourth-order valence-electron chi connectivity index (χ4n) is 2.71. The molecular weight excluding hydrogens is 240 g/mol. The second-order valence-corrected chi connectivity index (χ2v) is 5.25. The largest absolute Gasteiger partial charge is 0.384 e. The zero-order valence-electron chi connectivity index (χ0n) is 11.7. The van der Waals surface area contributed by atoms with Crippen LogP contribution in [-0.2, 0) is 11.3 Å². The van der Waals surface area contributed by atoms with Crippen LogP contribution in [0.1, 0.15) is 44.3 Å². The van der Waals surface area contributed by atoms with E-state index in [0.29, 0.717) is 18.2 Å². The highest BCUT2D eigenvalue weighted by molar-refractivity contribution is 5.44. The van der Waals surface area contributed by atoms with Crippen LogP contribution in [0, 0.1) is 5.92 Å². The van der Waals surface area contributed by atoms with Gasteiger partial charge in [-0.3, -0.25) is 0 Å². The van der Waals surface area contributed by atoms with Gasteiger partial charge in [-0.1, -0.05) is 25.7 Å². The van der Waals surface area contributed by atoms with Crippen LogP contribution in [0.25, 0.3) is 0 Å². The van der Waals surface area contributed by atoms with Gasteiger partial charge in [0, 0.05) is 19.7 Å². The Morgan fingerprint density at radius 1 is 1.37 bits per heavy atom. The number of nitrogens with one attached hydrogen (secondary N) is 1. The Balaban J connectivity index is 1.75. The van der Waals surface area contributed by atoms with Crippen LogP contribution in [0.4, 0.5) is 11.6 Å². The van der Waals surface area contributed by atoms with Crippen LogP contribution in [0.5, 0.6) is 0 Å². The van der Waals surface area contributed by atoms with E-state index in [1.807, 2.05) is 0 Å². The van der Waals surface area contributed by atoms with Crippen LogP contribution in [0.2, 0.25) is 0 Å². The summed E-state index contributed by atoms with van der Waals surface area (Å²) in [5.74, 6) is 2.86. The van der Waals surface area contributed by atoms with Crippen molar-refractivity contribution in [1.82, 2.24) is 9.97 Å². The summed E-state index contributed by atoms with van der Waals surface area (Å²) < 4.78 is 5.02. The molecule has 1 fully saturated rings. The molecule has 0 bridgehead atoms. The lowest BCUT2D eigenvalue weighted by atomic mass is 10.0. The number of hydrogen-bond donors (Lipinski definition) is 2. The van der Waals surface area contributed by atoms with Crippen molar-refractivity contribution in [3.05, 3.63) is 11.9 Å². The fourth-order valence-corrected chi connectivity index (χ4v) is 2.71. The number of nitrogen functional groups attached to an aromatic ring is 1. The van der Waals surface area contributed by atoms with Gasteiger partial charge in [0.15, 0.2) is 5.82 Å². The van der Waals surface area contributed by atoms with Gasteiger partial charge >= 0.3 is 0 Å². The number of rotatable bonds is 7. The van der Waals surface area contributed by atoms with Crippen molar-refractivity contribution in [3.8, 4) is 0 Å². The number of methoxy groups -OCH3 is 1. The van der Waals surface area contributed by atoms with E-state index in [0.717, 1.165) is 18.3 Å². The zero-order valence-corrected chi connectivity index (χ0v) is 11.7. The third-order valence-electron chi connectivity index (χ3n) is 3.64. The maximum Gasteiger partial charge on any atom is 0.158 e. The van der Waals surface area contributed by atoms with Crippen molar-refractivity contribution in [2.75, 3.05) is 24.7 Å². The highest BCUT2D eigenvalue weighted by atomic mass is 16.5. The summed E-state index contributed by atoms with van der Waals surface area (Å²) in [6.07, 6.45) is 8.17. The first-order valence-corrected chi connectivity index (χ1v) is 7.14. The highest BCUT2D eigenvalue weighted by Crippen LogP contribution is 2.28. The topological polar surface area (TPSA) is 73.1 Å². The predicted molar refractivity (Wildman–Crippen MR) is 76.8 cm³/mol. The molecule has 1 aliphatic carbocycles. The Bertz CT molecular complexity index is 391. The summed E-state index contributed by atoms with van der Waals surface area (Å²) in [5, 5.41) is 3.32. The van der Waals surface area contributed by atoms with E-state index in [9.17, 15) is 0 Å². The molecule has 0 atom stereocenters. The molecule has 5 nitrogen and oxygen atoms in total. The van der Waals surface area contributed by atoms with Gasteiger partial charge in [0.05, 0.1) is 0 Å². The molecule has 2 rings (SSSR count). The number of nitrogens with zero attached hydrogens (tertiary/aromatic N) is 2. The lowest BCUT2D eigenvalue weighted by molar-refractivity contribution is 0.178. The Labute approximate surface area is 115 Å². The van der Waals surface area contributed by atoms with Crippen molar-refractivity contribution in [3.63, 3.8) is 0 Å². The lowest BCUT2D eigenvalue weighted by Crippen LogP contribution is -2.09. The van der Waals surface area contributed by atoms with E-state index in [1.54, 1.807) is 13.2 Å². The number of hydrogen-bond acceptors (Lipinski definition) is 5. The standard InChI is InChI=1S/C14H24N4O/c1-19-10-14-17-12(15)9-13(18-14)16-8-4-7-11-5-2-3-6-11/h9,11H,2-8,10H2,1H3,(H3,15,16,17,18). The van der Waals surface area contributed by atoms with Gasteiger partial charge in [-0.05, 0) is 18.8 Å². The minimum Gasteiger partial charge on any atom is -0.384 e. The third-order valence-corrected chi connectivity index (χ3v) is 3.64. The maximum absolute atomic E-state index is 5.75. The second kappa shape index (κ2) is 7.28. The summed E-state index contributed by atoms with van der Waals surface area (Å²) >= 11 is 0. The molecule has 5 heteroatoms. The molecule has 106 valence electrons. The summed E-state index contributed by atoms with van der Waals surface area (Å²) in [7, 11) is 1.63. The number of aromatic nitrogens is 2. The van der Waals surface area contributed by atoms with E-state index in [1.165, 1.54) is 38.5 Å². The predicted octanol–water partition coefficient (Wildman–Crippen LogP) is 2.59. The molecule has 1 saturated carbocycles. The van der Waals surface area contributed by atoms with Crippen LogP contribution < -0.4 is 11.1 Å². The lowest BCUT2D eigenvalue weighted by Gasteiger charge is -2.10. The molecule has 0 amide bonds. The second-order valence-electron chi connectivity index (χ2n) is 5.25. The van der Waals surface area contributed by atoms with Gasteiger partial charge in [-0.2, -0.15) is 0 Å². The molecule has 0 saturated heterocycles. The van der Waals surface area contributed by atoms with Gasteiger partial charge in [0.1, 0.15) is 18.2 Å². The van der Waals surface area contributed by atoms with Crippen LogP contribution in [0.3, 0.4) is 0 Å². The van der Waals surface area contributed by atoms with Crippen LogP contribution >= 0.6 is 0 Å². The zero-order chi connectivity index (χ0) is 13.5. The summed E-state index contributed by atoms with van der Waals surface area (Å²) in [6.45, 7) is 1.33. The Morgan fingerprint density at radius 2 is 2.16 bits per heavy atom. The molecule has 1 heterocycles. The quantitative estimate of drug-likeness (QED) is 0.740. The normalized spacial score (nSPS) is 15.8. The summed E-state index contributed by atoms with van der Waals surface area (Å²) in [6, 6.07) is 1.77. The molecule has 19 heavy (non-hydrogen) atoms. The molecule has 0 aromatic carbocycles. The first-order valence-electron chi connectivity index (χ1n) is 7.14. The minimum absolute atomic E-state index is 0.391. The number of anilines is 2. The molecule has 1 aromatic rings. The molecule has 1 aliphatic rings. The van der Waals surface area contributed by atoms with E-state index in [2.05, 4.69) is 15.3 Å². The Hall–Kier alpha value is -1.36. The Kier molecular flexibility index (Phi) is 5.39. The third kappa shape index (κ3) is 4.67. The van der Waals surface area contributed by atoms with Crippen molar-refractivity contribution >= 4 is 11.6 Å². The van der Waals surface area contributed by atoms with E-state index >= 15 is 0 Å². The van der Waals surface area contributed by atoms with Gasteiger partial charge in [0.2, 0.25) is 0 Å². The van der Waals surface area contributed by atoms with Crippen LogP contribution in [-0.4, -0.2) is 23.6 Å². The van der Waals surface area contributed by atoms with Gasteiger partial charge in [0.25, 0.3) is 0 Å². The van der Waals surface area contributed by atoms with E-state index in [4.69, 9.17) is 10.5 Å². The molecule has 0 aliphatic heterocycles. The summed E-state index contributed by atoms with van der Waals surface area (Å²) in [5.41, 5.74) is 5.75. The van der Waals surface area contributed by atoms with Gasteiger partial charge in [-0.25, -0.2) is 9.97 Å². The smallest absolute Gasteiger partial charge is 0.158 e. The van der Waals surface area contributed by atoms with Gasteiger partial charge < -0.3 is 15.8 Å². The first kappa shape index (κ1) is 14.1. The van der Waals surface area contributed by atoms with E-state index in [-0.39, 0.29) is 0 Å². The van der Waals surface area contributed by atoms with E-state index < -0.39 is 0 Å². The van der Waals surface area contributed by atoms with Gasteiger partial charge in [-0.15, -0.1) is 0 Å². The average Bonchev–Trinajstić information content (AvgIpc) is 2.87. The van der Waals surface area contributed by atoms with Crippen molar-refractivity contribution < 1.29 is 4.74 Å². The van der Waals surface area contributed by atoms with Crippen molar-refractivity contribution in [1.29, 1.82) is 0 Å². The fraction of sp³-hybridized carbons (Fsp3) is 0.714. The molecule has 0 unspecified atom stereocenters. The van der Waals surface area contributed by atoms with Crippen molar-refractivity contribution in [2.24, 2.45) is 5.92 Å². The average molecular weight is 264 g/mol. The number of ether oxygens (including phenoxy) is 1. The minimum atomic E-state index is 0.391. The molecule has 0 radical (unpaired) electrons. The summed E-state index contributed by atoms with van der Waals surface area (Å²) in [4.78, 5) is 8.48. The number of nitrogens with two attached hydrogens (primary N) is 1.